The van der Waals surface area contributed by atoms with E-state index in [1.807, 2.05) is 66.2 Å². The molecule has 0 aliphatic carbocycles. The third-order valence-electron chi connectivity index (χ3n) is 4.16. The lowest BCUT2D eigenvalue weighted by atomic mass is 10.2. The number of halogens is 1. The summed E-state index contributed by atoms with van der Waals surface area (Å²) in [6, 6.07) is 18.8. The molecule has 0 saturated heterocycles. The normalized spacial score (nSPS) is 11.0. The minimum absolute atomic E-state index is 0.0369. The van der Waals surface area contributed by atoms with E-state index in [2.05, 4.69) is 21.2 Å². The maximum atomic E-state index is 12.4. The summed E-state index contributed by atoms with van der Waals surface area (Å²) in [5.41, 5.74) is 3.39. The molecule has 3 rings (SSSR count). The molecule has 0 aliphatic heterocycles. The Morgan fingerprint density at radius 2 is 1.86 bits per heavy atom. The molecule has 0 fully saturated rings. The first-order chi connectivity index (χ1) is 13.5. The van der Waals surface area contributed by atoms with E-state index in [1.165, 1.54) is 0 Å². The van der Waals surface area contributed by atoms with Gasteiger partial charge in [0.25, 0.3) is 5.91 Å². The van der Waals surface area contributed by atoms with Gasteiger partial charge in [-0.2, -0.15) is 5.26 Å². The molecule has 0 radical (unpaired) electrons. The number of hydrogen-bond acceptors (Lipinski definition) is 3. The van der Waals surface area contributed by atoms with Gasteiger partial charge in [0.2, 0.25) is 0 Å². The van der Waals surface area contributed by atoms with Gasteiger partial charge in [0.05, 0.1) is 7.11 Å². The number of carbonyl (C=O) groups excluding carboxylic acids is 1. The van der Waals surface area contributed by atoms with Crippen molar-refractivity contribution in [2.75, 3.05) is 12.4 Å². The Morgan fingerprint density at radius 3 is 2.46 bits per heavy atom. The average Bonchev–Trinajstić information content (AvgIpc) is 3.08. The molecule has 3 aromatic rings. The van der Waals surface area contributed by atoms with E-state index in [1.54, 1.807) is 25.3 Å². The number of benzene rings is 2. The number of carbonyl (C=O) groups is 1. The predicted molar refractivity (Wildman–Crippen MR) is 113 cm³/mol. The number of amides is 1. The van der Waals surface area contributed by atoms with Gasteiger partial charge in [-0.3, -0.25) is 4.79 Å². The summed E-state index contributed by atoms with van der Waals surface area (Å²) in [5, 5.41) is 12.2. The van der Waals surface area contributed by atoms with Crippen molar-refractivity contribution < 1.29 is 9.53 Å². The molecule has 1 amide bonds. The third-order valence-corrected chi connectivity index (χ3v) is 4.69. The fourth-order valence-electron chi connectivity index (χ4n) is 2.75. The summed E-state index contributed by atoms with van der Waals surface area (Å²) in [4.78, 5) is 12.4. The van der Waals surface area contributed by atoms with Crippen LogP contribution in [0.4, 0.5) is 5.69 Å². The van der Waals surface area contributed by atoms with Gasteiger partial charge in [-0.15, -0.1) is 0 Å². The van der Waals surface area contributed by atoms with Gasteiger partial charge in [0, 0.05) is 27.7 Å². The van der Waals surface area contributed by atoms with E-state index < -0.39 is 5.91 Å². The summed E-state index contributed by atoms with van der Waals surface area (Å²) in [7, 11) is 1.63. The van der Waals surface area contributed by atoms with Crippen LogP contribution in [0.15, 0.2) is 70.8 Å². The second-order valence-corrected chi connectivity index (χ2v) is 7.03. The van der Waals surface area contributed by atoms with Crippen LogP contribution in [0.2, 0.25) is 0 Å². The summed E-state index contributed by atoms with van der Waals surface area (Å²) in [6.07, 6.45) is 3.47. The van der Waals surface area contributed by atoms with Gasteiger partial charge < -0.3 is 14.6 Å². The van der Waals surface area contributed by atoms with Crippen molar-refractivity contribution in [1.29, 1.82) is 5.26 Å². The second kappa shape index (κ2) is 8.59. The van der Waals surface area contributed by atoms with Gasteiger partial charge in [-0.05, 0) is 73.2 Å². The summed E-state index contributed by atoms with van der Waals surface area (Å²) in [6.45, 7) is 1.97. The van der Waals surface area contributed by atoms with Crippen molar-refractivity contribution in [3.63, 3.8) is 0 Å². The standard InChI is InChI=1S/C22H18BrN3O2/c1-15-11-16(14-26(15)20-7-9-21(28-2)10-8-20)12-17(13-24)22(27)25-19-5-3-18(23)4-6-19/h3-12,14H,1-2H3,(H,25,27)/b17-12+. The molecule has 0 atom stereocenters. The number of anilines is 1. The van der Waals surface area contributed by atoms with Crippen LogP contribution in [0.25, 0.3) is 11.8 Å². The molecule has 1 heterocycles. The fraction of sp³-hybridized carbons (Fsp3) is 0.0909. The smallest absolute Gasteiger partial charge is 0.266 e. The van der Waals surface area contributed by atoms with E-state index in [9.17, 15) is 10.1 Å². The van der Waals surface area contributed by atoms with Crippen molar-refractivity contribution >= 4 is 33.6 Å². The molecule has 0 spiro atoms. The number of nitrogens with zero attached hydrogens (tertiary/aromatic N) is 2. The van der Waals surface area contributed by atoms with E-state index in [0.717, 1.165) is 27.2 Å². The first-order valence-corrected chi connectivity index (χ1v) is 9.31. The zero-order chi connectivity index (χ0) is 20.1. The quantitative estimate of drug-likeness (QED) is 0.447. The van der Waals surface area contributed by atoms with E-state index in [4.69, 9.17) is 4.74 Å². The molecule has 6 heteroatoms. The van der Waals surface area contributed by atoms with Crippen LogP contribution in [-0.4, -0.2) is 17.6 Å². The van der Waals surface area contributed by atoms with Crippen molar-refractivity contribution in [2.45, 2.75) is 6.92 Å². The van der Waals surface area contributed by atoms with Gasteiger partial charge in [0.1, 0.15) is 17.4 Å². The van der Waals surface area contributed by atoms with Crippen LogP contribution in [0.1, 0.15) is 11.3 Å². The SMILES string of the molecule is COc1ccc(-n2cc(/C=C(\C#N)C(=O)Nc3ccc(Br)cc3)cc2C)cc1. The number of aromatic nitrogens is 1. The van der Waals surface area contributed by atoms with Crippen molar-refractivity contribution in [2.24, 2.45) is 0 Å². The number of nitrogens with one attached hydrogen (secondary N) is 1. The van der Waals surface area contributed by atoms with Crippen LogP contribution in [0, 0.1) is 18.3 Å². The minimum Gasteiger partial charge on any atom is -0.497 e. The minimum atomic E-state index is -0.445. The Morgan fingerprint density at radius 1 is 1.18 bits per heavy atom. The summed E-state index contributed by atoms with van der Waals surface area (Å²) in [5.74, 6) is 0.338. The molecular weight excluding hydrogens is 418 g/mol. The molecule has 2 aromatic carbocycles. The molecule has 140 valence electrons. The zero-order valence-electron chi connectivity index (χ0n) is 15.4. The molecule has 28 heavy (non-hydrogen) atoms. The highest BCUT2D eigenvalue weighted by Crippen LogP contribution is 2.21. The Balaban J connectivity index is 1.83. The van der Waals surface area contributed by atoms with Crippen LogP contribution < -0.4 is 10.1 Å². The highest BCUT2D eigenvalue weighted by atomic mass is 79.9. The number of rotatable bonds is 5. The topological polar surface area (TPSA) is 67.0 Å². The molecule has 1 aromatic heterocycles. The number of nitriles is 1. The van der Waals surface area contributed by atoms with Crippen molar-refractivity contribution in [3.05, 3.63) is 82.1 Å². The van der Waals surface area contributed by atoms with E-state index in [0.29, 0.717) is 5.69 Å². The van der Waals surface area contributed by atoms with E-state index in [-0.39, 0.29) is 5.57 Å². The Labute approximate surface area is 172 Å². The van der Waals surface area contributed by atoms with Crippen LogP contribution >= 0.6 is 15.9 Å². The molecule has 1 N–H and O–H groups in total. The Kier molecular flexibility index (Phi) is 5.97. The average molecular weight is 436 g/mol. The van der Waals surface area contributed by atoms with Gasteiger partial charge in [-0.25, -0.2) is 0 Å². The highest BCUT2D eigenvalue weighted by Gasteiger charge is 2.11. The van der Waals surface area contributed by atoms with Crippen molar-refractivity contribution in [1.82, 2.24) is 4.57 Å². The van der Waals surface area contributed by atoms with Crippen LogP contribution in [-0.2, 0) is 4.79 Å². The van der Waals surface area contributed by atoms with Gasteiger partial charge >= 0.3 is 0 Å². The van der Waals surface area contributed by atoms with Crippen LogP contribution in [0.5, 0.6) is 5.75 Å². The van der Waals surface area contributed by atoms with E-state index >= 15 is 0 Å². The lowest BCUT2D eigenvalue weighted by Gasteiger charge is -2.07. The maximum absolute atomic E-state index is 12.4. The second-order valence-electron chi connectivity index (χ2n) is 6.11. The number of aryl methyl sites for hydroxylation is 1. The molecular formula is C22H18BrN3O2. The monoisotopic (exact) mass is 435 g/mol. The zero-order valence-corrected chi connectivity index (χ0v) is 17.0. The lowest BCUT2D eigenvalue weighted by Crippen LogP contribution is -2.13. The van der Waals surface area contributed by atoms with Crippen LogP contribution in [0.3, 0.4) is 0 Å². The summed E-state index contributed by atoms with van der Waals surface area (Å²) < 4.78 is 8.09. The Hall–Kier alpha value is -3.30. The molecule has 0 saturated carbocycles. The molecule has 0 aliphatic rings. The fourth-order valence-corrected chi connectivity index (χ4v) is 3.01. The number of methoxy groups -OCH3 is 1. The number of ether oxygens (including phenoxy) is 1. The first kappa shape index (κ1) is 19.5. The summed E-state index contributed by atoms with van der Waals surface area (Å²) >= 11 is 3.35. The van der Waals surface area contributed by atoms with Crippen molar-refractivity contribution in [3.8, 4) is 17.5 Å². The molecule has 0 unspecified atom stereocenters. The first-order valence-electron chi connectivity index (χ1n) is 8.52. The number of hydrogen-bond donors (Lipinski definition) is 1. The lowest BCUT2D eigenvalue weighted by molar-refractivity contribution is -0.112. The predicted octanol–water partition coefficient (Wildman–Crippen LogP) is 5.10. The molecule has 0 bridgehead atoms. The van der Waals surface area contributed by atoms with Gasteiger partial charge in [0.15, 0.2) is 0 Å². The highest BCUT2D eigenvalue weighted by molar-refractivity contribution is 9.10. The molecule has 5 nitrogen and oxygen atoms in total. The van der Waals surface area contributed by atoms with Gasteiger partial charge in [-0.1, -0.05) is 15.9 Å². The third kappa shape index (κ3) is 4.51. The maximum Gasteiger partial charge on any atom is 0.266 e. The Bertz CT molecular complexity index is 1060. The largest absolute Gasteiger partial charge is 0.497 e.